The van der Waals surface area contributed by atoms with Gasteiger partial charge in [-0.2, -0.15) is 0 Å². The average Bonchev–Trinajstić information content (AvgIpc) is 2.91. The molecular weight excluding hydrogens is 374 g/mol. The number of rotatable bonds is 6. The summed E-state index contributed by atoms with van der Waals surface area (Å²) in [4.78, 5) is 49.7. The minimum Gasteiger partial charge on any atom is -0.495 e. The number of carbonyl (C=O) groups excluding carboxylic acids is 4. The van der Waals surface area contributed by atoms with E-state index >= 15 is 0 Å². The number of hydrogen-bond donors (Lipinski definition) is 0. The number of Topliss-reactive ketones (excluding diaryl/α,β-unsaturated/α-hetero) is 1. The van der Waals surface area contributed by atoms with Crippen LogP contribution in [-0.2, 0) is 19.1 Å². The summed E-state index contributed by atoms with van der Waals surface area (Å²) in [6.45, 7) is -0.993. The highest BCUT2D eigenvalue weighted by Crippen LogP contribution is 2.34. The molecule has 0 unspecified atom stereocenters. The molecule has 3 rings (SSSR count). The topological polar surface area (TPSA) is 90.0 Å². The monoisotopic (exact) mass is 391 g/mol. The fourth-order valence-corrected chi connectivity index (χ4v) is 3.53. The largest absolute Gasteiger partial charge is 0.495 e. The summed E-state index contributed by atoms with van der Waals surface area (Å²) < 4.78 is 9.95. The van der Waals surface area contributed by atoms with Gasteiger partial charge in [-0.25, -0.2) is 0 Å². The molecule has 0 saturated carbocycles. The first kappa shape index (κ1) is 19.1. The number of likely N-dealkylation sites (tertiary alicyclic amines) is 1. The maximum absolute atomic E-state index is 12.3. The van der Waals surface area contributed by atoms with Crippen molar-refractivity contribution in [3.05, 3.63) is 40.9 Å². The lowest BCUT2D eigenvalue weighted by atomic mass is 9.85. The van der Waals surface area contributed by atoms with Gasteiger partial charge < -0.3 is 9.47 Å². The summed E-state index contributed by atoms with van der Waals surface area (Å²) in [7, 11) is 1.46. The predicted molar refractivity (Wildman–Crippen MR) is 95.4 cm³/mol. The molecule has 1 saturated heterocycles. The van der Waals surface area contributed by atoms with Crippen molar-refractivity contribution in [2.24, 2.45) is 11.8 Å². The van der Waals surface area contributed by atoms with E-state index < -0.39 is 36.7 Å². The Morgan fingerprint density at radius 1 is 1.15 bits per heavy atom. The standard InChI is InChI=1S/C19H18ClNO6/c1-26-16-7-6-11(8-14(16)20)15(22)10-27-17(23)9-21-18(24)12-4-2-3-5-13(12)19(21)25/h2-3,6-8,12-13H,4-5,9-10H2,1H3/t12-,13-/m0/s1. The Kier molecular flexibility index (Phi) is 5.60. The molecule has 142 valence electrons. The Labute approximate surface area is 160 Å². The van der Waals surface area contributed by atoms with Gasteiger partial charge in [0, 0.05) is 5.56 Å². The van der Waals surface area contributed by atoms with Gasteiger partial charge in [-0.15, -0.1) is 0 Å². The number of ketones is 1. The highest BCUT2D eigenvalue weighted by atomic mass is 35.5. The normalized spacial score (nSPS) is 21.2. The van der Waals surface area contributed by atoms with Crippen LogP contribution in [-0.4, -0.2) is 48.7 Å². The number of hydrogen-bond acceptors (Lipinski definition) is 6. The van der Waals surface area contributed by atoms with Crippen LogP contribution in [0.3, 0.4) is 0 Å². The summed E-state index contributed by atoms with van der Waals surface area (Å²) in [5.74, 6) is -2.37. The van der Waals surface area contributed by atoms with Crippen LogP contribution in [0.25, 0.3) is 0 Å². The second-order valence-electron chi connectivity index (χ2n) is 6.35. The molecular formula is C19H18ClNO6. The van der Waals surface area contributed by atoms with Crippen LogP contribution in [0.2, 0.25) is 5.02 Å². The van der Waals surface area contributed by atoms with Crippen LogP contribution in [0.5, 0.6) is 5.75 Å². The van der Waals surface area contributed by atoms with Crippen LogP contribution < -0.4 is 4.74 Å². The number of ether oxygens (including phenoxy) is 2. The van der Waals surface area contributed by atoms with Crippen molar-refractivity contribution in [3.8, 4) is 5.75 Å². The predicted octanol–water partition coefficient (Wildman–Crippen LogP) is 2.03. The molecule has 0 bridgehead atoms. The lowest BCUT2D eigenvalue weighted by Gasteiger charge is -2.14. The van der Waals surface area contributed by atoms with Crippen molar-refractivity contribution in [1.29, 1.82) is 0 Å². The molecule has 2 aliphatic rings. The molecule has 2 atom stereocenters. The van der Waals surface area contributed by atoms with Gasteiger partial charge in [0.15, 0.2) is 12.4 Å². The molecule has 1 aromatic rings. The molecule has 0 radical (unpaired) electrons. The van der Waals surface area contributed by atoms with Gasteiger partial charge >= 0.3 is 5.97 Å². The first-order valence-corrected chi connectivity index (χ1v) is 8.82. The van der Waals surface area contributed by atoms with Crippen LogP contribution >= 0.6 is 11.6 Å². The molecule has 0 spiro atoms. The smallest absolute Gasteiger partial charge is 0.326 e. The minimum atomic E-state index is -0.809. The van der Waals surface area contributed by atoms with E-state index in [4.69, 9.17) is 21.1 Å². The van der Waals surface area contributed by atoms with Gasteiger partial charge in [-0.05, 0) is 31.0 Å². The molecule has 1 aliphatic heterocycles. The van der Waals surface area contributed by atoms with Crippen molar-refractivity contribution < 1.29 is 28.7 Å². The Hall–Kier alpha value is -2.67. The highest BCUT2D eigenvalue weighted by Gasteiger charge is 2.47. The third-order valence-electron chi connectivity index (χ3n) is 4.72. The van der Waals surface area contributed by atoms with E-state index in [1.54, 1.807) is 0 Å². The third kappa shape index (κ3) is 3.88. The second-order valence-corrected chi connectivity index (χ2v) is 6.76. The van der Waals surface area contributed by atoms with E-state index in [0.717, 1.165) is 4.90 Å². The lowest BCUT2D eigenvalue weighted by Crippen LogP contribution is -2.37. The summed E-state index contributed by atoms with van der Waals surface area (Å²) in [6, 6.07) is 4.46. The van der Waals surface area contributed by atoms with Gasteiger partial charge in [0.05, 0.1) is 24.0 Å². The van der Waals surface area contributed by atoms with Gasteiger partial charge in [-0.3, -0.25) is 24.1 Å². The summed E-state index contributed by atoms with van der Waals surface area (Å²) in [6.07, 6.45) is 4.73. The number of benzene rings is 1. The molecule has 1 aromatic carbocycles. The Balaban J connectivity index is 1.55. The molecule has 1 heterocycles. The number of allylic oxidation sites excluding steroid dienone is 2. The average molecular weight is 392 g/mol. The van der Waals surface area contributed by atoms with Crippen molar-refractivity contribution in [2.75, 3.05) is 20.3 Å². The maximum Gasteiger partial charge on any atom is 0.326 e. The molecule has 7 nitrogen and oxygen atoms in total. The molecule has 8 heteroatoms. The first-order valence-electron chi connectivity index (χ1n) is 8.45. The van der Waals surface area contributed by atoms with Crippen molar-refractivity contribution in [1.82, 2.24) is 4.90 Å². The van der Waals surface area contributed by atoms with Gasteiger partial charge in [0.1, 0.15) is 12.3 Å². The number of nitrogens with zero attached hydrogens (tertiary/aromatic N) is 1. The lowest BCUT2D eigenvalue weighted by molar-refractivity contribution is -0.152. The zero-order valence-electron chi connectivity index (χ0n) is 14.6. The number of esters is 1. The van der Waals surface area contributed by atoms with Crippen LogP contribution in [0.4, 0.5) is 0 Å². The number of fused-ring (bicyclic) bond motifs is 1. The molecule has 2 amide bonds. The van der Waals surface area contributed by atoms with E-state index in [1.807, 2.05) is 12.2 Å². The number of methoxy groups -OCH3 is 1. The van der Waals surface area contributed by atoms with E-state index in [1.165, 1.54) is 25.3 Å². The molecule has 27 heavy (non-hydrogen) atoms. The van der Waals surface area contributed by atoms with E-state index in [-0.39, 0.29) is 22.4 Å². The Bertz CT molecular complexity index is 807. The number of amides is 2. The quantitative estimate of drug-likeness (QED) is 0.319. The van der Waals surface area contributed by atoms with Gasteiger partial charge in [0.2, 0.25) is 11.8 Å². The van der Waals surface area contributed by atoms with E-state index in [2.05, 4.69) is 0 Å². The van der Waals surface area contributed by atoms with Crippen LogP contribution in [0, 0.1) is 11.8 Å². The summed E-state index contributed by atoms with van der Waals surface area (Å²) in [5.41, 5.74) is 0.263. The molecule has 1 fully saturated rings. The summed E-state index contributed by atoms with van der Waals surface area (Å²) in [5, 5.41) is 0.263. The zero-order valence-corrected chi connectivity index (χ0v) is 15.4. The minimum absolute atomic E-state index is 0.263. The Morgan fingerprint density at radius 3 is 2.33 bits per heavy atom. The van der Waals surface area contributed by atoms with Crippen molar-refractivity contribution in [2.45, 2.75) is 12.8 Å². The fraction of sp³-hybridized carbons (Fsp3) is 0.368. The zero-order chi connectivity index (χ0) is 19.6. The summed E-state index contributed by atoms with van der Waals surface area (Å²) >= 11 is 5.97. The number of carbonyl (C=O) groups is 4. The third-order valence-corrected chi connectivity index (χ3v) is 5.02. The van der Waals surface area contributed by atoms with Crippen LogP contribution in [0.1, 0.15) is 23.2 Å². The highest BCUT2D eigenvalue weighted by molar-refractivity contribution is 6.32. The fourth-order valence-electron chi connectivity index (χ4n) is 3.27. The van der Waals surface area contributed by atoms with Crippen LogP contribution in [0.15, 0.2) is 30.4 Å². The van der Waals surface area contributed by atoms with Crippen molar-refractivity contribution in [3.63, 3.8) is 0 Å². The molecule has 1 aliphatic carbocycles. The van der Waals surface area contributed by atoms with Gasteiger partial charge in [0.25, 0.3) is 0 Å². The van der Waals surface area contributed by atoms with E-state index in [0.29, 0.717) is 18.6 Å². The number of halogens is 1. The first-order chi connectivity index (χ1) is 12.9. The Morgan fingerprint density at radius 2 is 1.78 bits per heavy atom. The maximum atomic E-state index is 12.3. The van der Waals surface area contributed by atoms with E-state index in [9.17, 15) is 19.2 Å². The number of imide groups is 1. The molecule has 0 N–H and O–H groups in total. The van der Waals surface area contributed by atoms with Gasteiger partial charge in [-0.1, -0.05) is 23.8 Å². The van der Waals surface area contributed by atoms with Crippen molar-refractivity contribution >= 4 is 35.2 Å². The molecule has 0 aromatic heterocycles. The SMILES string of the molecule is COc1ccc(C(=O)COC(=O)CN2C(=O)[C@H]3CC=CC[C@@H]3C2=O)cc1Cl. The second kappa shape index (κ2) is 7.92.